The van der Waals surface area contributed by atoms with Crippen LogP contribution in [0.25, 0.3) is 0 Å². The highest BCUT2D eigenvalue weighted by atomic mass is 35.5. The van der Waals surface area contributed by atoms with E-state index >= 15 is 0 Å². The molecule has 0 fully saturated rings. The Hall–Kier alpha value is -3.13. The number of anilines is 1. The van der Waals surface area contributed by atoms with Gasteiger partial charge in [-0.1, -0.05) is 23.7 Å². The third kappa shape index (κ3) is 4.35. The van der Waals surface area contributed by atoms with Crippen LogP contribution in [0.2, 0.25) is 5.02 Å². The summed E-state index contributed by atoms with van der Waals surface area (Å²) in [5, 5.41) is 20.7. The molecule has 8 nitrogen and oxygen atoms in total. The average Bonchev–Trinajstić information content (AvgIpc) is 3.16. The number of carboxylic acids is 1. The first kappa shape index (κ1) is 18.7. The predicted molar refractivity (Wildman–Crippen MR) is 100 cm³/mol. The number of amides is 1. The number of rotatable bonds is 6. The molecule has 0 saturated carbocycles. The summed E-state index contributed by atoms with van der Waals surface area (Å²) in [6.07, 6.45) is 2.51. The maximum Gasteiger partial charge on any atom is 0.338 e. The molecule has 0 aliphatic carbocycles. The van der Waals surface area contributed by atoms with Crippen LogP contribution in [0, 0.1) is 13.8 Å². The van der Waals surface area contributed by atoms with Crippen LogP contribution in [0.15, 0.2) is 36.7 Å². The Morgan fingerprint density at radius 3 is 2.74 bits per heavy atom. The van der Waals surface area contributed by atoms with E-state index in [-0.39, 0.29) is 18.0 Å². The molecule has 0 spiro atoms. The first-order valence-corrected chi connectivity index (χ1v) is 8.55. The second-order valence-corrected chi connectivity index (χ2v) is 6.55. The summed E-state index contributed by atoms with van der Waals surface area (Å²) < 4.78 is 3.08. The second kappa shape index (κ2) is 7.63. The fourth-order valence-corrected chi connectivity index (χ4v) is 2.94. The van der Waals surface area contributed by atoms with E-state index in [2.05, 4.69) is 15.5 Å². The van der Waals surface area contributed by atoms with Crippen molar-refractivity contribution in [3.8, 4) is 0 Å². The Morgan fingerprint density at radius 1 is 1.30 bits per heavy atom. The van der Waals surface area contributed by atoms with Gasteiger partial charge in [-0.3, -0.25) is 14.2 Å². The SMILES string of the molecule is Cc1nn(Cc2cccc(Cl)c2)c(C)c1NC(=O)Cn1cc(C(=O)O)cn1. The molecule has 0 aliphatic heterocycles. The zero-order chi connectivity index (χ0) is 19.6. The largest absolute Gasteiger partial charge is 0.478 e. The predicted octanol–water partition coefficient (Wildman–Crippen LogP) is 2.74. The standard InChI is InChI=1S/C18H18ClN5O3/c1-11-17(21-16(25)10-23-9-14(7-20-23)18(26)27)12(2)24(22-11)8-13-4-3-5-15(19)6-13/h3-7,9H,8,10H2,1-2H3,(H,21,25)(H,26,27). The van der Waals surface area contributed by atoms with E-state index in [9.17, 15) is 9.59 Å². The lowest BCUT2D eigenvalue weighted by Crippen LogP contribution is -2.20. The van der Waals surface area contributed by atoms with Crippen LogP contribution in [0.1, 0.15) is 27.3 Å². The number of aromatic nitrogens is 4. The normalized spacial score (nSPS) is 10.8. The van der Waals surface area contributed by atoms with Crippen LogP contribution in [0.5, 0.6) is 0 Å². The molecule has 1 aromatic carbocycles. The highest BCUT2D eigenvalue weighted by molar-refractivity contribution is 6.30. The lowest BCUT2D eigenvalue weighted by molar-refractivity contribution is -0.116. The smallest absolute Gasteiger partial charge is 0.338 e. The fraction of sp³-hybridized carbons (Fsp3) is 0.222. The van der Waals surface area contributed by atoms with Crippen LogP contribution < -0.4 is 5.32 Å². The van der Waals surface area contributed by atoms with Gasteiger partial charge in [0.05, 0.1) is 35.4 Å². The summed E-state index contributed by atoms with van der Waals surface area (Å²) in [4.78, 5) is 23.2. The third-order valence-corrected chi connectivity index (χ3v) is 4.29. The number of benzene rings is 1. The minimum absolute atomic E-state index is 0.0319. The van der Waals surface area contributed by atoms with Gasteiger partial charge in [-0.25, -0.2) is 4.79 Å². The zero-order valence-electron chi connectivity index (χ0n) is 14.8. The number of aromatic carboxylic acids is 1. The molecule has 2 heterocycles. The summed E-state index contributed by atoms with van der Waals surface area (Å²) in [5.74, 6) is -1.40. The molecular weight excluding hydrogens is 370 g/mol. The molecule has 140 valence electrons. The molecule has 27 heavy (non-hydrogen) atoms. The van der Waals surface area contributed by atoms with Crippen molar-refractivity contribution in [1.29, 1.82) is 0 Å². The quantitative estimate of drug-likeness (QED) is 0.677. The van der Waals surface area contributed by atoms with Crippen molar-refractivity contribution in [1.82, 2.24) is 19.6 Å². The van der Waals surface area contributed by atoms with E-state index in [1.165, 1.54) is 17.1 Å². The molecule has 3 rings (SSSR count). The Balaban J connectivity index is 1.72. The Bertz CT molecular complexity index is 1010. The third-order valence-electron chi connectivity index (χ3n) is 4.05. The number of aryl methyl sites for hydroxylation is 1. The molecule has 2 aromatic heterocycles. The van der Waals surface area contributed by atoms with Gasteiger partial charge in [-0.15, -0.1) is 0 Å². The van der Waals surface area contributed by atoms with Crippen molar-refractivity contribution in [2.24, 2.45) is 0 Å². The maximum absolute atomic E-state index is 12.3. The molecule has 0 bridgehead atoms. The lowest BCUT2D eigenvalue weighted by Gasteiger charge is -2.08. The van der Waals surface area contributed by atoms with Gasteiger partial charge in [0.1, 0.15) is 6.54 Å². The maximum atomic E-state index is 12.3. The monoisotopic (exact) mass is 387 g/mol. The van der Waals surface area contributed by atoms with Gasteiger partial charge in [0, 0.05) is 11.2 Å². The fourth-order valence-electron chi connectivity index (χ4n) is 2.73. The Labute approximate surface area is 160 Å². The molecule has 1 amide bonds. The van der Waals surface area contributed by atoms with Crippen molar-refractivity contribution < 1.29 is 14.7 Å². The van der Waals surface area contributed by atoms with Crippen molar-refractivity contribution >= 4 is 29.2 Å². The molecule has 0 radical (unpaired) electrons. The number of carboxylic acid groups (broad SMARTS) is 1. The van der Waals surface area contributed by atoms with Gasteiger partial charge in [0.25, 0.3) is 0 Å². The summed E-state index contributed by atoms with van der Waals surface area (Å²) in [6, 6.07) is 7.51. The molecule has 0 unspecified atom stereocenters. The first-order valence-electron chi connectivity index (χ1n) is 8.17. The average molecular weight is 388 g/mol. The van der Waals surface area contributed by atoms with Gasteiger partial charge < -0.3 is 10.4 Å². The van der Waals surface area contributed by atoms with E-state index in [0.29, 0.717) is 22.9 Å². The van der Waals surface area contributed by atoms with Crippen LogP contribution >= 0.6 is 11.6 Å². The summed E-state index contributed by atoms with van der Waals surface area (Å²) in [6.45, 7) is 4.12. The molecule has 9 heteroatoms. The molecule has 0 aliphatic rings. The number of halogens is 1. The number of nitrogens with zero attached hydrogens (tertiary/aromatic N) is 4. The second-order valence-electron chi connectivity index (χ2n) is 6.11. The molecule has 0 atom stereocenters. The highest BCUT2D eigenvalue weighted by Crippen LogP contribution is 2.21. The van der Waals surface area contributed by atoms with Gasteiger partial charge in [-0.2, -0.15) is 10.2 Å². The summed E-state index contributed by atoms with van der Waals surface area (Å²) >= 11 is 6.02. The van der Waals surface area contributed by atoms with E-state index in [1.54, 1.807) is 4.68 Å². The lowest BCUT2D eigenvalue weighted by atomic mass is 10.2. The van der Waals surface area contributed by atoms with Crippen LogP contribution in [0.4, 0.5) is 5.69 Å². The highest BCUT2D eigenvalue weighted by Gasteiger charge is 2.15. The number of carbonyl (C=O) groups is 2. The molecule has 2 N–H and O–H groups in total. The van der Waals surface area contributed by atoms with Gasteiger partial charge in [0.2, 0.25) is 5.91 Å². The van der Waals surface area contributed by atoms with E-state index < -0.39 is 5.97 Å². The number of nitrogens with one attached hydrogen (secondary N) is 1. The Morgan fingerprint density at radius 2 is 2.07 bits per heavy atom. The van der Waals surface area contributed by atoms with Crippen molar-refractivity contribution in [3.05, 3.63) is 64.2 Å². The first-order chi connectivity index (χ1) is 12.8. The Kier molecular flexibility index (Phi) is 5.27. The molecule has 0 saturated heterocycles. The van der Waals surface area contributed by atoms with Crippen molar-refractivity contribution in [2.75, 3.05) is 5.32 Å². The van der Waals surface area contributed by atoms with E-state index in [4.69, 9.17) is 16.7 Å². The number of hydrogen-bond donors (Lipinski definition) is 2. The van der Waals surface area contributed by atoms with Crippen LogP contribution in [-0.4, -0.2) is 36.5 Å². The van der Waals surface area contributed by atoms with Crippen LogP contribution in [-0.2, 0) is 17.9 Å². The van der Waals surface area contributed by atoms with Gasteiger partial charge in [0.15, 0.2) is 0 Å². The van der Waals surface area contributed by atoms with Crippen LogP contribution in [0.3, 0.4) is 0 Å². The van der Waals surface area contributed by atoms with E-state index in [1.807, 2.05) is 38.1 Å². The number of hydrogen-bond acceptors (Lipinski definition) is 4. The van der Waals surface area contributed by atoms with Gasteiger partial charge >= 0.3 is 5.97 Å². The molecule has 3 aromatic rings. The summed E-state index contributed by atoms with van der Waals surface area (Å²) in [7, 11) is 0. The number of carbonyl (C=O) groups excluding carboxylic acids is 1. The topological polar surface area (TPSA) is 102 Å². The van der Waals surface area contributed by atoms with E-state index in [0.717, 1.165) is 11.3 Å². The van der Waals surface area contributed by atoms with Crippen molar-refractivity contribution in [3.63, 3.8) is 0 Å². The minimum Gasteiger partial charge on any atom is -0.478 e. The minimum atomic E-state index is -1.09. The van der Waals surface area contributed by atoms with Crippen molar-refractivity contribution in [2.45, 2.75) is 26.9 Å². The zero-order valence-corrected chi connectivity index (χ0v) is 15.6. The van der Waals surface area contributed by atoms with Gasteiger partial charge in [-0.05, 0) is 31.5 Å². The summed E-state index contributed by atoms with van der Waals surface area (Å²) in [5.41, 5.74) is 3.17. The molecular formula is C18H18ClN5O3.